The first-order valence-corrected chi connectivity index (χ1v) is 10.5. The summed E-state index contributed by atoms with van der Waals surface area (Å²) >= 11 is 0. The van der Waals surface area contributed by atoms with Crippen LogP contribution in [0.3, 0.4) is 0 Å². The van der Waals surface area contributed by atoms with Gasteiger partial charge in [-0.3, -0.25) is 29.3 Å². The molecule has 2 atom stereocenters. The highest BCUT2D eigenvalue weighted by molar-refractivity contribution is 6.09. The number of aryl methyl sites for hydroxylation is 1. The Labute approximate surface area is 189 Å². The predicted molar refractivity (Wildman–Crippen MR) is 117 cm³/mol. The molecule has 9 nitrogen and oxygen atoms in total. The molecule has 0 saturated carbocycles. The van der Waals surface area contributed by atoms with Crippen LogP contribution in [0.1, 0.15) is 39.1 Å². The zero-order valence-corrected chi connectivity index (χ0v) is 17.8. The molecule has 2 aromatic carbocycles. The Hall–Kier alpha value is -4.14. The van der Waals surface area contributed by atoms with Gasteiger partial charge in [-0.2, -0.15) is 5.01 Å². The third-order valence-corrected chi connectivity index (χ3v) is 5.95. The summed E-state index contributed by atoms with van der Waals surface area (Å²) in [6.07, 6.45) is 4.43. The highest BCUT2D eigenvalue weighted by Gasteiger charge is 2.51. The predicted octanol–water partition coefficient (Wildman–Crippen LogP) is 3.09. The van der Waals surface area contributed by atoms with E-state index in [4.69, 9.17) is 0 Å². The average Bonchev–Trinajstić information content (AvgIpc) is 3.07. The van der Waals surface area contributed by atoms with Crippen molar-refractivity contribution in [1.29, 1.82) is 0 Å². The number of rotatable bonds is 6. The first-order chi connectivity index (χ1) is 15.8. The minimum absolute atomic E-state index is 0.0194. The van der Waals surface area contributed by atoms with Crippen LogP contribution in [0.15, 0.2) is 60.7 Å². The van der Waals surface area contributed by atoms with Gasteiger partial charge >= 0.3 is 0 Å². The van der Waals surface area contributed by atoms with Crippen LogP contribution in [-0.2, 0) is 9.59 Å². The normalized spacial score (nSPS) is 19.4. The Morgan fingerprint density at radius 1 is 0.939 bits per heavy atom. The molecule has 0 unspecified atom stereocenters. The Morgan fingerprint density at radius 2 is 1.45 bits per heavy atom. The topological polar surface area (TPSA) is 118 Å². The zero-order valence-electron chi connectivity index (χ0n) is 17.8. The molecule has 2 aromatic rings. The summed E-state index contributed by atoms with van der Waals surface area (Å²) < 4.78 is 0. The number of Topliss-reactive ketones (excluding diaryl/α,β-unsaturated/α-hetero) is 1. The highest BCUT2D eigenvalue weighted by Crippen LogP contribution is 2.36. The number of nitro benzene ring substituents is 1. The van der Waals surface area contributed by atoms with Crippen molar-refractivity contribution < 1.29 is 24.1 Å². The quantitative estimate of drug-likeness (QED) is 0.221. The largest absolute Gasteiger partial charge is 0.292 e. The van der Waals surface area contributed by atoms with Gasteiger partial charge in [0.1, 0.15) is 6.54 Å². The van der Waals surface area contributed by atoms with Crippen molar-refractivity contribution in [2.75, 3.05) is 6.54 Å². The molecule has 0 spiro atoms. The number of nitrogens with zero attached hydrogens (tertiary/aromatic N) is 3. The van der Waals surface area contributed by atoms with E-state index < -0.39 is 46.8 Å². The summed E-state index contributed by atoms with van der Waals surface area (Å²) in [6, 6.07) is 11.5. The fourth-order valence-electron chi connectivity index (χ4n) is 4.10. The van der Waals surface area contributed by atoms with E-state index in [2.05, 4.69) is 0 Å². The number of ketones is 1. The Morgan fingerprint density at radius 3 is 1.97 bits per heavy atom. The summed E-state index contributed by atoms with van der Waals surface area (Å²) in [4.78, 5) is 62.9. The van der Waals surface area contributed by atoms with Crippen LogP contribution in [-0.4, -0.2) is 45.0 Å². The number of amides is 3. The minimum atomic E-state index is -0.765. The fourth-order valence-corrected chi connectivity index (χ4v) is 4.10. The van der Waals surface area contributed by atoms with Gasteiger partial charge in [0.25, 0.3) is 23.4 Å². The van der Waals surface area contributed by atoms with E-state index in [0.717, 1.165) is 27.7 Å². The molecule has 4 rings (SSSR count). The molecule has 0 bridgehead atoms. The molecule has 0 N–H and O–H groups in total. The second kappa shape index (κ2) is 8.78. The first-order valence-electron chi connectivity index (χ1n) is 10.5. The smallest absolute Gasteiger partial charge is 0.273 e. The summed E-state index contributed by atoms with van der Waals surface area (Å²) in [5.41, 5.74) is 1.09. The number of hydrogen-bond acceptors (Lipinski definition) is 6. The van der Waals surface area contributed by atoms with Crippen molar-refractivity contribution in [2.45, 2.75) is 19.8 Å². The van der Waals surface area contributed by atoms with Gasteiger partial charge in [-0.15, -0.1) is 0 Å². The first kappa shape index (κ1) is 22.1. The average molecular weight is 447 g/mol. The van der Waals surface area contributed by atoms with E-state index in [-0.39, 0.29) is 11.3 Å². The number of carbonyl (C=O) groups is 4. The third kappa shape index (κ3) is 4.17. The van der Waals surface area contributed by atoms with E-state index in [1.165, 1.54) is 12.1 Å². The molecule has 1 aliphatic heterocycles. The second-order valence-corrected chi connectivity index (χ2v) is 8.10. The Bertz CT molecular complexity index is 1140. The summed E-state index contributed by atoms with van der Waals surface area (Å²) in [6.45, 7) is 1.35. The Kier molecular flexibility index (Phi) is 5.87. The maximum atomic E-state index is 13.4. The molecule has 1 saturated heterocycles. The lowest BCUT2D eigenvalue weighted by molar-refractivity contribution is -0.384. The van der Waals surface area contributed by atoms with Crippen molar-refractivity contribution in [3.63, 3.8) is 0 Å². The van der Waals surface area contributed by atoms with Crippen LogP contribution in [0.5, 0.6) is 0 Å². The van der Waals surface area contributed by atoms with Gasteiger partial charge in [0.2, 0.25) is 0 Å². The molecule has 2 aliphatic rings. The van der Waals surface area contributed by atoms with Gasteiger partial charge in [-0.05, 0) is 31.9 Å². The maximum absolute atomic E-state index is 13.4. The van der Waals surface area contributed by atoms with Crippen LogP contribution in [0.4, 0.5) is 5.69 Å². The molecule has 3 amide bonds. The number of carbonyl (C=O) groups excluding carboxylic acids is 4. The van der Waals surface area contributed by atoms with E-state index >= 15 is 0 Å². The molecule has 1 fully saturated rings. The number of imide groups is 1. The van der Waals surface area contributed by atoms with Crippen LogP contribution < -0.4 is 0 Å². The minimum Gasteiger partial charge on any atom is -0.292 e. The summed E-state index contributed by atoms with van der Waals surface area (Å²) in [5.74, 6) is -3.42. The lowest BCUT2D eigenvalue weighted by Gasteiger charge is -2.30. The van der Waals surface area contributed by atoms with Crippen molar-refractivity contribution in [3.8, 4) is 0 Å². The lowest BCUT2D eigenvalue weighted by atomic mass is 9.85. The van der Waals surface area contributed by atoms with E-state index in [1.54, 1.807) is 24.3 Å². The molecule has 0 radical (unpaired) electrons. The zero-order chi connectivity index (χ0) is 23.7. The van der Waals surface area contributed by atoms with Gasteiger partial charge in [-0.1, -0.05) is 42.0 Å². The molecule has 1 aliphatic carbocycles. The molecule has 0 aromatic heterocycles. The number of nitro groups is 1. The number of allylic oxidation sites excluding steroid dienone is 2. The van der Waals surface area contributed by atoms with Gasteiger partial charge in [0, 0.05) is 23.3 Å². The van der Waals surface area contributed by atoms with Crippen LogP contribution in [0.2, 0.25) is 0 Å². The molecular weight excluding hydrogens is 426 g/mol. The van der Waals surface area contributed by atoms with E-state index in [9.17, 15) is 29.3 Å². The Balaban J connectivity index is 1.68. The highest BCUT2D eigenvalue weighted by atomic mass is 16.6. The number of hydrogen-bond donors (Lipinski definition) is 0. The van der Waals surface area contributed by atoms with Crippen molar-refractivity contribution in [3.05, 3.63) is 87.5 Å². The van der Waals surface area contributed by atoms with Crippen molar-refractivity contribution in [2.24, 2.45) is 11.8 Å². The van der Waals surface area contributed by atoms with Gasteiger partial charge < -0.3 is 0 Å². The van der Waals surface area contributed by atoms with Gasteiger partial charge in [0.15, 0.2) is 5.78 Å². The van der Waals surface area contributed by atoms with E-state index in [0.29, 0.717) is 18.4 Å². The van der Waals surface area contributed by atoms with E-state index in [1.807, 2.05) is 19.1 Å². The van der Waals surface area contributed by atoms with Gasteiger partial charge in [-0.25, -0.2) is 5.01 Å². The fraction of sp³-hybridized carbons (Fsp3) is 0.250. The van der Waals surface area contributed by atoms with Crippen LogP contribution in [0, 0.1) is 28.9 Å². The lowest BCUT2D eigenvalue weighted by Crippen LogP contribution is -2.52. The summed E-state index contributed by atoms with van der Waals surface area (Å²) in [7, 11) is 0. The second-order valence-electron chi connectivity index (χ2n) is 8.10. The van der Waals surface area contributed by atoms with Gasteiger partial charge in [0.05, 0.1) is 16.8 Å². The monoisotopic (exact) mass is 447 g/mol. The standard InChI is InChI=1S/C24H21N3O6/c1-15-6-8-16(9-7-15)21(28)14-25(22(29)17-10-12-18(13-11-17)27(32)33)26-23(30)19-4-2-3-5-20(19)24(26)31/h2-3,6-13,19-20H,4-5,14H2,1H3/t19-,20-/m1/s1. The number of hydrazine groups is 1. The summed E-state index contributed by atoms with van der Waals surface area (Å²) in [5, 5.41) is 12.6. The van der Waals surface area contributed by atoms with Crippen LogP contribution in [0.25, 0.3) is 0 Å². The molecular formula is C24H21N3O6. The third-order valence-electron chi connectivity index (χ3n) is 5.95. The number of non-ortho nitro benzene ring substituents is 1. The molecule has 1 heterocycles. The SMILES string of the molecule is Cc1ccc(C(=O)CN(C(=O)c2ccc([N+](=O)[O-])cc2)N2C(=O)[C@@H]3CC=CC[C@H]3C2=O)cc1. The number of fused-ring (bicyclic) bond motifs is 1. The van der Waals surface area contributed by atoms with Crippen LogP contribution >= 0.6 is 0 Å². The van der Waals surface area contributed by atoms with Crippen molar-refractivity contribution >= 4 is 29.2 Å². The number of benzene rings is 2. The van der Waals surface area contributed by atoms with Crippen molar-refractivity contribution in [1.82, 2.24) is 10.0 Å². The molecule has 9 heteroatoms. The maximum Gasteiger partial charge on any atom is 0.273 e. The molecule has 168 valence electrons. The molecule has 33 heavy (non-hydrogen) atoms.